The van der Waals surface area contributed by atoms with Crippen molar-refractivity contribution in [3.63, 3.8) is 0 Å². The molecule has 0 spiro atoms. The molecule has 1 aromatic carbocycles. The second-order valence-corrected chi connectivity index (χ2v) is 5.66. The maximum absolute atomic E-state index is 12.1. The number of benzene rings is 1. The molecule has 25 heavy (non-hydrogen) atoms. The van der Waals surface area contributed by atoms with E-state index in [-0.39, 0.29) is 24.9 Å². The van der Waals surface area contributed by atoms with E-state index in [1.807, 2.05) is 12.1 Å². The van der Waals surface area contributed by atoms with Crippen LogP contribution in [0.4, 0.5) is 5.69 Å². The van der Waals surface area contributed by atoms with E-state index in [0.29, 0.717) is 12.1 Å². The molecule has 1 heterocycles. The van der Waals surface area contributed by atoms with Crippen LogP contribution in [0.25, 0.3) is 6.08 Å². The van der Waals surface area contributed by atoms with Crippen LogP contribution in [-0.4, -0.2) is 29.9 Å². The maximum atomic E-state index is 12.1. The maximum Gasteiger partial charge on any atom is 0.331 e. The van der Waals surface area contributed by atoms with Gasteiger partial charge in [-0.05, 0) is 24.1 Å². The van der Waals surface area contributed by atoms with Crippen LogP contribution in [0.15, 0.2) is 42.5 Å². The third-order valence-electron chi connectivity index (χ3n) is 3.64. The Hall–Kier alpha value is -2.93. The van der Waals surface area contributed by atoms with Gasteiger partial charge in [0.05, 0.1) is 6.04 Å². The van der Waals surface area contributed by atoms with E-state index < -0.39 is 17.9 Å². The molecule has 7 nitrogen and oxygen atoms in total. The number of esters is 1. The van der Waals surface area contributed by atoms with Crippen molar-refractivity contribution in [3.8, 4) is 0 Å². The lowest BCUT2D eigenvalue weighted by molar-refractivity contribution is -0.141. The Morgan fingerprint density at radius 3 is 2.84 bits per heavy atom. The molecule has 0 aliphatic carbocycles. The summed E-state index contributed by atoms with van der Waals surface area (Å²) < 4.78 is 5.16. The Bertz CT molecular complexity index is 712. The molecule has 0 aromatic heterocycles. The van der Waals surface area contributed by atoms with Gasteiger partial charge in [0.1, 0.15) is 6.10 Å². The predicted molar refractivity (Wildman–Crippen MR) is 94.1 cm³/mol. The van der Waals surface area contributed by atoms with Gasteiger partial charge in [-0.2, -0.15) is 0 Å². The highest BCUT2D eigenvalue weighted by atomic mass is 16.5. The fourth-order valence-corrected chi connectivity index (χ4v) is 2.27. The van der Waals surface area contributed by atoms with E-state index in [9.17, 15) is 14.4 Å². The number of cyclic esters (lactones) is 1. The highest BCUT2D eigenvalue weighted by molar-refractivity contribution is 5.96. The number of anilines is 1. The van der Waals surface area contributed by atoms with Crippen LogP contribution in [0.5, 0.6) is 0 Å². The van der Waals surface area contributed by atoms with E-state index in [4.69, 9.17) is 16.2 Å². The van der Waals surface area contributed by atoms with Gasteiger partial charge in [0, 0.05) is 24.6 Å². The molecule has 0 radical (unpaired) electrons. The molecule has 5 N–H and O–H groups in total. The first-order chi connectivity index (χ1) is 12.0. The van der Waals surface area contributed by atoms with Crippen LogP contribution in [0, 0.1) is 0 Å². The fourth-order valence-electron chi connectivity index (χ4n) is 2.27. The van der Waals surface area contributed by atoms with E-state index in [1.165, 1.54) is 6.08 Å². The van der Waals surface area contributed by atoms with Crippen LogP contribution < -0.4 is 16.8 Å². The molecule has 0 saturated carbocycles. The number of hydrogen-bond acceptors (Lipinski definition) is 5. The van der Waals surface area contributed by atoms with Gasteiger partial charge < -0.3 is 21.5 Å². The first-order valence-corrected chi connectivity index (χ1v) is 7.95. The zero-order chi connectivity index (χ0) is 18.2. The zero-order valence-electron chi connectivity index (χ0n) is 13.7. The second kappa shape index (κ2) is 8.79. The van der Waals surface area contributed by atoms with E-state index >= 15 is 0 Å². The smallest absolute Gasteiger partial charge is 0.331 e. The number of ether oxygens (including phenoxy) is 1. The van der Waals surface area contributed by atoms with Crippen molar-refractivity contribution in [2.75, 3.05) is 5.32 Å². The molecule has 2 amide bonds. The van der Waals surface area contributed by atoms with Crippen LogP contribution >= 0.6 is 0 Å². The van der Waals surface area contributed by atoms with Crippen molar-refractivity contribution in [3.05, 3.63) is 48.1 Å². The number of carbonyl (C=O) groups excluding carboxylic acids is 3. The van der Waals surface area contributed by atoms with Crippen molar-refractivity contribution in [1.29, 1.82) is 0 Å². The Kier molecular flexibility index (Phi) is 6.47. The predicted octanol–water partition coefficient (Wildman–Crippen LogP) is 1.10. The highest BCUT2D eigenvalue weighted by Gasteiger charge is 2.16. The molecule has 1 aliphatic heterocycles. The van der Waals surface area contributed by atoms with Gasteiger partial charge in [0.25, 0.3) is 0 Å². The van der Waals surface area contributed by atoms with Crippen molar-refractivity contribution in [2.45, 2.75) is 31.4 Å². The monoisotopic (exact) mass is 343 g/mol. The van der Waals surface area contributed by atoms with Gasteiger partial charge in [-0.25, -0.2) is 4.79 Å². The number of nitrogens with one attached hydrogen (secondary N) is 1. The molecule has 1 aliphatic rings. The Morgan fingerprint density at radius 1 is 1.36 bits per heavy atom. The minimum atomic E-state index is -0.825. The molecule has 7 heteroatoms. The largest absolute Gasteiger partial charge is 0.455 e. The summed E-state index contributed by atoms with van der Waals surface area (Å²) in [6, 6.07) is 6.35. The number of rotatable bonds is 7. The lowest BCUT2D eigenvalue weighted by Gasteiger charge is -2.15. The summed E-state index contributed by atoms with van der Waals surface area (Å²) in [5.74, 6) is -1.26. The number of hydrogen-bond donors (Lipinski definition) is 3. The van der Waals surface area contributed by atoms with Crippen molar-refractivity contribution >= 4 is 29.5 Å². The Balaban J connectivity index is 2.02. The summed E-state index contributed by atoms with van der Waals surface area (Å²) in [6.45, 7) is 0. The fraction of sp³-hybridized carbons (Fsp3) is 0.278. The number of nitrogens with two attached hydrogens (primary N) is 2. The minimum absolute atomic E-state index is 0.0523. The zero-order valence-corrected chi connectivity index (χ0v) is 13.7. The Labute approximate surface area is 145 Å². The first kappa shape index (κ1) is 18.4. The average molecular weight is 343 g/mol. The van der Waals surface area contributed by atoms with Crippen molar-refractivity contribution in [1.82, 2.24) is 0 Å². The lowest BCUT2D eigenvalue weighted by Crippen LogP contribution is -2.36. The van der Waals surface area contributed by atoms with Gasteiger partial charge in [-0.1, -0.05) is 30.4 Å². The highest BCUT2D eigenvalue weighted by Crippen LogP contribution is 2.19. The van der Waals surface area contributed by atoms with E-state index in [0.717, 1.165) is 5.56 Å². The number of primary amides is 1. The van der Waals surface area contributed by atoms with Crippen LogP contribution in [0.2, 0.25) is 0 Å². The van der Waals surface area contributed by atoms with Crippen molar-refractivity contribution in [2.24, 2.45) is 11.5 Å². The molecule has 0 bridgehead atoms. The summed E-state index contributed by atoms with van der Waals surface area (Å²) in [5, 5.41) is 2.74. The second-order valence-electron chi connectivity index (χ2n) is 5.66. The lowest BCUT2D eigenvalue weighted by atomic mass is 10.1. The number of para-hydroxylation sites is 1. The topological polar surface area (TPSA) is 125 Å². The summed E-state index contributed by atoms with van der Waals surface area (Å²) >= 11 is 0. The number of carbonyl (C=O) groups is 3. The summed E-state index contributed by atoms with van der Waals surface area (Å²) in [5.41, 5.74) is 12.2. The van der Waals surface area contributed by atoms with Crippen LogP contribution in [0.3, 0.4) is 0 Å². The quantitative estimate of drug-likeness (QED) is 0.640. The molecule has 2 atom stereocenters. The standard InChI is InChI=1S/C18H21N3O4/c19-14(10-11-16(20)22)18(24)21-15-6-2-1-4-12(15)8-9-13-5-3-7-17(23)25-13/h1-4,6-9,13-14H,5,10-11,19H2,(H2,20,22)(H,21,24)/b9-8+/t13-,14+/m1/s1. The SMILES string of the molecule is NC(=O)CC[C@H](N)C(=O)Nc1ccccc1/C=C/[C@H]1CC=CC(=O)O1. The molecular formula is C18H21N3O4. The molecule has 132 valence electrons. The average Bonchev–Trinajstić information content (AvgIpc) is 2.59. The summed E-state index contributed by atoms with van der Waals surface area (Å²) in [6.07, 6.45) is 7.20. The minimum Gasteiger partial charge on any atom is -0.455 e. The van der Waals surface area contributed by atoms with Crippen LogP contribution in [-0.2, 0) is 19.1 Å². The van der Waals surface area contributed by atoms with Gasteiger partial charge >= 0.3 is 5.97 Å². The third-order valence-corrected chi connectivity index (χ3v) is 3.64. The summed E-state index contributed by atoms with van der Waals surface area (Å²) in [4.78, 5) is 34.2. The van der Waals surface area contributed by atoms with Crippen LogP contribution in [0.1, 0.15) is 24.8 Å². The third kappa shape index (κ3) is 5.89. The molecule has 0 saturated heterocycles. The van der Waals surface area contributed by atoms with Gasteiger partial charge in [-0.3, -0.25) is 9.59 Å². The normalized spacial score (nSPS) is 18.0. The molecule has 0 fully saturated rings. The summed E-state index contributed by atoms with van der Waals surface area (Å²) in [7, 11) is 0. The van der Waals surface area contributed by atoms with E-state index in [1.54, 1.807) is 30.4 Å². The van der Waals surface area contributed by atoms with Gasteiger partial charge in [0.2, 0.25) is 11.8 Å². The van der Waals surface area contributed by atoms with Gasteiger partial charge in [-0.15, -0.1) is 0 Å². The van der Waals surface area contributed by atoms with E-state index in [2.05, 4.69) is 5.32 Å². The molecule has 0 unspecified atom stereocenters. The Morgan fingerprint density at radius 2 is 2.12 bits per heavy atom. The molecule has 1 aromatic rings. The molecule has 2 rings (SSSR count). The van der Waals surface area contributed by atoms with Gasteiger partial charge in [0.15, 0.2) is 0 Å². The van der Waals surface area contributed by atoms with Crippen molar-refractivity contribution < 1.29 is 19.1 Å². The molecular weight excluding hydrogens is 322 g/mol. The first-order valence-electron chi connectivity index (χ1n) is 7.95. The number of amides is 2.